The highest BCUT2D eigenvalue weighted by atomic mass is 35.5. The molecule has 3 fully saturated rings. The van der Waals surface area contributed by atoms with E-state index in [1.807, 2.05) is 9.80 Å². The van der Waals surface area contributed by atoms with Gasteiger partial charge >= 0.3 is 6.03 Å². The maximum atomic E-state index is 13.0. The van der Waals surface area contributed by atoms with E-state index in [4.69, 9.17) is 23.2 Å². The Balaban J connectivity index is 1.86. The fourth-order valence-corrected chi connectivity index (χ4v) is 4.17. The molecule has 2 bridgehead atoms. The lowest BCUT2D eigenvalue weighted by Gasteiger charge is -2.36. The third kappa shape index (κ3) is 3.20. The Kier molecular flexibility index (Phi) is 4.92. The maximum Gasteiger partial charge on any atom is 0.319 e. The Morgan fingerprint density at radius 2 is 1.75 bits per heavy atom. The molecule has 0 unspecified atom stereocenters. The Morgan fingerprint density at radius 3 is 2.38 bits per heavy atom. The van der Waals surface area contributed by atoms with Gasteiger partial charge in [0.05, 0.1) is 15.6 Å². The second-order valence-corrected chi connectivity index (χ2v) is 7.55. The number of fused-ring (bicyclic) bond motifs is 4. The first-order valence-electron chi connectivity index (χ1n) is 8.09. The van der Waals surface area contributed by atoms with Gasteiger partial charge < -0.3 is 14.7 Å². The van der Waals surface area contributed by atoms with Crippen molar-refractivity contribution < 1.29 is 9.59 Å². The Hall–Kier alpha value is -1.46. The summed E-state index contributed by atoms with van der Waals surface area (Å²) in [7, 11) is 3.50. The average Bonchev–Trinajstić information content (AvgIpc) is 2.85. The highest BCUT2D eigenvalue weighted by Crippen LogP contribution is 2.32. The van der Waals surface area contributed by atoms with E-state index in [0.717, 1.165) is 12.8 Å². The van der Waals surface area contributed by atoms with Crippen LogP contribution in [0.5, 0.6) is 0 Å². The quantitative estimate of drug-likeness (QED) is 0.762. The predicted molar refractivity (Wildman–Crippen MR) is 94.7 cm³/mol. The van der Waals surface area contributed by atoms with Gasteiger partial charge in [-0.15, -0.1) is 0 Å². The summed E-state index contributed by atoms with van der Waals surface area (Å²) in [5.41, 5.74) is 0.360. The molecular formula is C17H21Cl2N3O2. The summed E-state index contributed by atoms with van der Waals surface area (Å²) in [5.74, 6) is 0.150. The number of urea groups is 1. The van der Waals surface area contributed by atoms with E-state index in [1.54, 1.807) is 37.2 Å². The smallest absolute Gasteiger partial charge is 0.319 e. The van der Waals surface area contributed by atoms with Crippen LogP contribution >= 0.6 is 23.2 Å². The minimum atomic E-state index is -0.139. The number of rotatable bonds is 1. The van der Waals surface area contributed by atoms with Gasteiger partial charge in [0, 0.05) is 39.8 Å². The Labute approximate surface area is 152 Å². The van der Waals surface area contributed by atoms with Gasteiger partial charge in [-0.1, -0.05) is 29.3 Å². The molecule has 3 amide bonds. The second-order valence-electron chi connectivity index (χ2n) is 6.73. The van der Waals surface area contributed by atoms with Crippen molar-refractivity contribution in [1.29, 1.82) is 0 Å². The minimum Gasteiger partial charge on any atom is -0.333 e. The number of carbonyl (C=O) groups excluding carboxylic acids is 2. The number of piperidine rings is 1. The first kappa shape index (κ1) is 17.4. The number of benzene rings is 1. The van der Waals surface area contributed by atoms with Crippen molar-refractivity contribution in [3.05, 3.63) is 33.8 Å². The zero-order valence-electron chi connectivity index (χ0n) is 13.8. The first-order valence-corrected chi connectivity index (χ1v) is 8.85. The van der Waals surface area contributed by atoms with Crippen LogP contribution < -0.4 is 0 Å². The molecule has 0 N–H and O–H groups in total. The number of hydrogen-bond donors (Lipinski definition) is 0. The van der Waals surface area contributed by atoms with E-state index in [1.165, 1.54) is 0 Å². The fraction of sp³-hybridized carbons (Fsp3) is 0.529. The van der Waals surface area contributed by atoms with Crippen molar-refractivity contribution >= 4 is 35.1 Å². The van der Waals surface area contributed by atoms with E-state index in [9.17, 15) is 9.59 Å². The number of hydrogen-bond acceptors (Lipinski definition) is 2. The van der Waals surface area contributed by atoms with Crippen LogP contribution in [0.4, 0.5) is 4.79 Å². The van der Waals surface area contributed by atoms with Gasteiger partial charge in [0.15, 0.2) is 0 Å². The molecule has 2 atom stereocenters. The minimum absolute atomic E-state index is 0.00280. The summed E-state index contributed by atoms with van der Waals surface area (Å²) in [6, 6.07) is 5.09. The zero-order chi connectivity index (χ0) is 17.4. The van der Waals surface area contributed by atoms with E-state index in [0.29, 0.717) is 35.2 Å². The normalized spacial score (nSPS) is 23.2. The molecule has 1 aromatic carbocycles. The lowest BCUT2D eigenvalue weighted by Crippen LogP contribution is -2.48. The summed E-state index contributed by atoms with van der Waals surface area (Å²) in [5, 5.41) is 0.739. The average molecular weight is 370 g/mol. The summed E-state index contributed by atoms with van der Waals surface area (Å²) >= 11 is 12.4. The van der Waals surface area contributed by atoms with E-state index >= 15 is 0 Å². The molecule has 0 spiro atoms. The van der Waals surface area contributed by atoms with E-state index < -0.39 is 0 Å². The van der Waals surface area contributed by atoms with Crippen LogP contribution in [0.3, 0.4) is 0 Å². The van der Waals surface area contributed by atoms with Crippen molar-refractivity contribution in [2.75, 3.05) is 33.7 Å². The number of nitrogens with zero attached hydrogens (tertiary/aromatic N) is 3. The largest absolute Gasteiger partial charge is 0.333 e. The topological polar surface area (TPSA) is 43.9 Å². The Morgan fingerprint density at radius 1 is 1.08 bits per heavy atom. The lowest BCUT2D eigenvalue weighted by atomic mass is 9.94. The van der Waals surface area contributed by atoms with Crippen LogP contribution in [0.2, 0.25) is 10.0 Å². The molecular weight excluding hydrogens is 349 g/mol. The predicted octanol–water partition coefficient (Wildman–Crippen LogP) is 3.21. The van der Waals surface area contributed by atoms with Crippen molar-refractivity contribution in [3.63, 3.8) is 0 Å². The summed E-state index contributed by atoms with van der Waals surface area (Å²) in [6.45, 7) is 1.89. The molecule has 3 aliphatic rings. The highest BCUT2D eigenvalue weighted by molar-refractivity contribution is 6.39. The van der Waals surface area contributed by atoms with E-state index in [2.05, 4.69) is 0 Å². The van der Waals surface area contributed by atoms with Crippen molar-refractivity contribution in [3.8, 4) is 0 Å². The van der Waals surface area contributed by atoms with Gasteiger partial charge in [0.25, 0.3) is 5.91 Å². The van der Waals surface area contributed by atoms with Gasteiger partial charge in [0.2, 0.25) is 0 Å². The van der Waals surface area contributed by atoms with E-state index in [-0.39, 0.29) is 23.9 Å². The number of halogens is 2. The second kappa shape index (κ2) is 6.81. The fourth-order valence-electron chi connectivity index (χ4n) is 3.62. The molecule has 1 aromatic rings. The molecule has 0 saturated carbocycles. The number of amides is 3. The van der Waals surface area contributed by atoms with Crippen molar-refractivity contribution in [2.24, 2.45) is 5.92 Å². The summed E-state index contributed by atoms with van der Waals surface area (Å²) in [4.78, 5) is 30.7. The SMILES string of the molecule is CN(C)C(=O)N1C[C@@H]2CC[C@H](C1)N(C(=O)c1c(Cl)cccc1Cl)C2. The van der Waals surface area contributed by atoms with Crippen molar-refractivity contribution in [1.82, 2.24) is 14.7 Å². The van der Waals surface area contributed by atoms with Crippen LogP contribution in [0, 0.1) is 5.92 Å². The molecule has 4 rings (SSSR count). The van der Waals surface area contributed by atoms with Crippen LogP contribution in [-0.2, 0) is 0 Å². The third-order valence-corrected chi connectivity index (χ3v) is 5.43. The van der Waals surface area contributed by atoms with Crippen molar-refractivity contribution in [2.45, 2.75) is 18.9 Å². The molecule has 24 heavy (non-hydrogen) atoms. The van der Waals surface area contributed by atoms with Crippen LogP contribution in [0.15, 0.2) is 18.2 Å². The monoisotopic (exact) mass is 369 g/mol. The summed E-state index contributed by atoms with van der Waals surface area (Å²) < 4.78 is 0. The third-order valence-electron chi connectivity index (χ3n) is 4.80. The maximum absolute atomic E-state index is 13.0. The molecule has 5 nitrogen and oxygen atoms in total. The first-order chi connectivity index (χ1) is 11.4. The lowest BCUT2D eigenvalue weighted by molar-refractivity contribution is 0.0586. The van der Waals surface area contributed by atoms with Crippen LogP contribution in [0.25, 0.3) is 0 Å². The standard InChI is InChI=1S/C17H21Cl2N3O2/c1-20(2)17(24)21-8-11-6-7-12(10-21)22(9-11)16(23)15-13(18)4-3-5-14(15)19/h3-5,11-12H,6-10H2,1-2H3/t11-,12+/m0/s1. The molecule has 3 aliphatic heterocycles. The zero-order valence-corrected chi connectivity index (χ0v) is 15.3. The molecule has 0 aromatic heterocycles. The van der Waals surface area contributed by atoms with Gasteiger partial charge in [-0.3, -0.25) is 4.79 Å². The number of carbonyl (C=O) groups is 2. The van der Waals surface area contributed by atoms with Crippen LogP contribution in [0.1, 0.15) is 23.2 Å². The highest BCUT2D eigenvalue weighted by Gasteiger charge is 2.39. The molecule has 7 heteroatoms. The van der Waals surface area contributed by atoms with Crippen LogP contribution in [-0.4, -0.2) is 66.4 Å². The molecule has 0 aliphatic carbocycles. The molecule has 0 radical (unpaired) electrons. The molecule has 3 heterocycles. The van der Waals surface area contributed by atoms with Gasteiger partial charge in [-0.25, -0.2) is 4.79 Å². The molecule has 3 saturated heterocycles. The molecule has 130 valence electrons. The van der Waals surface area contributed by atoms with Gasteiger partial charge in [-0.05, 0) is 30.9 Å². The van der Waals surface area contributed by atoms with Gasteiger partial charge in [0.1, 0.15) is 0 Å². The summed E-state index contributed by atoms with van der Waals surface area (Å²) in [6.07, 6.45) is 1.93. The van der Waals surface area contributed by atoms with Gasteiger partial charge in [-0.2, -0.15) is 0 Å². The Bertz CT molecular complexity index is 645.